The quantitative estimate of drug-likeness (QED) is 0.544. The van der Waals surface area contributed by atoms with E-state index in [2.05, 4.69) is 24.5 Å². The van der Waals surface area contributed by atoms with E-state index in [0.717, 1.165) is 25.9 Å². The summed E-state index contributed by atoms with van der Waals surface area (Å²) < 4.78 is 0. The second-order valence-electron chi connectivity index (χ2n) is 4.61. The molecule has 1 aliphatic rings. The van der Waals surface area contributed by atoms with E-state index < -0.39 is 0 Å². The van der Waals surface area contributed by atoms with Crippen LogP contribution in [0.1, 0.15) is 52.4 Å². The van der Waals surface area contributed by atoms with Crippen molar-refractivity contribution in [1.29, 1.82) is 0 Å². The number of piperidine rings is 1. The summed E-state index contributed by atoms with van der Waals surface area (Å²) >= 11 is 6.58. The van der Waals surface area contributed by atoms with Gasteiger partial charge in [-0.1, -0.05) is 26.7 Å². The van der Waals surface area contributed by atoms with Gasteiger partial charge in [-0.15, -0.1) is 11.6 Å². The highest BCUT2D eigenvalue weighted by Crippen LogP contribution is 2.25. The van der Waals surface area contributed by atoms with Crippen molar-refractivity contribution in [2.75, 3.05) is 13.1 Å². The molecule has 3 heteroatoms. The Balaban J connectivity index is 2.34. The molecule has 1 atom stereocenters. The van der Waals surface area contributed by atoms with Gasteiger partial charge in [-0.2, -0.15) is 0 Å². The first kappa shape index (κ1) is 13.3. The third kappa shape index (κ3) is 4.71. The Morgan fingerprint density at radius 3 is 2.53 bits per heavy atom. The molecule has 0 aromatic rings. The lowest BCUT2D eigenvalue weighted by Crippen LogP contribution is -2.51. The van der Waals surface area contributed by atoms with Gasteiger partial charge in [-0.05, 0) is 38.8 Å². The van der Waals surface area contributed by atoms with Crippen LogP contribution < -0.4 is 10.6 Å². The van der Waals surface area contributed by atoms with Gasteiger partial charge in [-0.3, -0.25) is 5.32 Å². The van der Waals surface area contributed by atoms with E-state index in [-0.39, 0.29) is 5.00 Å². The standard InChI is InChI=1S/C12H25ClN2/c1-3-5-6-11(4-2)15-12(13)7-9-14-10-8-12/h11,14-15H,3-10H2,1-2H3. The first-order chi connectivity index (χ1) is 7.20. The van der Waals surface area contributed by atoms with Gasteiger partial charge in [0.25, 0.3) is 0 Å². The van der Waals surface area contributed by atoms with Gasteiger partial charge >= 0.3 is 0 Å². The smallest absolute Gasteiger partial charge is 0.0962 e. The topological polar surface area (TPSA) is 24.1 Å². The summed E-state index contributed by atoms with van der Waals surface area (Å²) in [6.07, 6.45) is 7.09. The summed E-state index contributed by atoms with van der Waals surface area (Å²) in [6, 6.07) is 0.598. The molecule has 90 valence electrons. The highest BCUT2D eigenvalue weighted by atomic mass is 35.5. The number of hydrogen-bond acceptors (Lipinski definition) is 2. The van der Waals surface area contributed by atoms with E-state index in [1.807, 2.05) is 0 Å². The first-order valence-electron chi connectivity index (χ1n) is 6.37. The van der Waals surface area contributed by atoms with Gasteiger partial charge in [0, 0.05) is 6.04 Å². The highest BCUT2D eigenvalue weighted by Gasteiger charge is 2.30. The third-order valence-electron chi connectivity index (χ3n) is 3.26. The summed E-state index contributed by atoms with van der Waals surface area (Å²) in [5.41, 5.74) is 0. The van der Waals surface area contributed by atoms with Gasteiger partial charge in [0.1, 0.15) is 0 Å². The van der Waals surface area contributed by atoms with Crippen molar-refractivity contribution in [3.05, 3.63) is 0 Å². The zero-order chi connectivity index (χ0) is 11.1. The maximum atomic E-state index is 6.58. The molecular weight excluding hydrogens is 208 g/mol. The summed E-state index contributed by atoms with van der Waals surface area (Å²) in [4.78, 5) is -0.139. The van der Waals surface area contributed by atoms with Gasteiger partial charge in [0.15, 0.2) is 0 Å². The van der Waals surface area contributed by atoms with E-state index in [4.69, 9.17) is 11.6 Å². The van der Waals surface area contributed by atoms with Crippen LogP contribution in [0.2, 0.25) is 0 Å². The Morgan fingerprint density at radius 2 is 2.00 bits per heavy atom. The molecule has 0 aromatic heterocycles. The number of unbranched alkanes of at least 4 members (excludes halogenated alkanes) is 1. The van der Waals surface area contributed by atoms with Crippen LogP contribution in [-0.4, -0.2) is 24.1 Å². The molecular formula is C12H25ClN2. The first-order valence-corrected chi connectivity index (χ1v) is 6.75. The van der Waals surface area contributed by atoms with Crippen LogP contribution in [0, 0.1) is 0 Å². The number of alkyl halides is 1. The summed E-state index contributed by atoms with van der Waals surface area (Å²) in [7, 11) is 0. The lowest BCUT2D eigenvalue weighted by molar-refractivity contribution is 0.292. The minimum atomic E-state index is -0.139. The molecule has 2 N–H and O–H groups in total. The monoisotopic (exact) mass is 232 g/mol. The van der Waals surface area contributed by atoms with E-state index in [9.17, 15) is 0 Å². The van der Waals surface area contributed by atoms with Crippen molar-refractivity contribution >= 4 is 11.6 Å². The zero-order valence-electron chi connectivity index (χ0n) is 10.1. The number of halogens is 1. The lowest BCUT2D eigenvalue weighted by Gasteiger charge is -2.36. The van der Waals surface area contributed by atoms with Crippen molar-refractivity contribution < 1.29 is 0 Å². The summed E-state index contributed by atoms with van der Waals surface area (Å²) in [5, 5.41) is 6.99. The molecule has 0 spiro atoms. The molecule has 15 heavy (non-hydrogen) atoms. The maximum Gasteiger partial charge on any atom is 0.0962 e. The molecule has 1 aliphatic heterocycles. The summed E-state index contributed by atoms with van der Waals surface area (Å²) in [6.45, 7) is 6.57. The average molecular weight is 233 g/mol. The van der Waals surface area contributed by atoms with Gasteiger partial charge in [0.05, 0.1) is 5.00 Å². The fourth-order valence-electron chi connectivity index (χ4n) is 2.16. The predicted octanol–water partition coefficient (Wildman–Crippen LogP) is 2.86. The fourth-order valence-corrected chi connectivity index (χ4v) is 2.51. The Kier molecular flexibility index (Phi) is 5.95. The molecule has 2 nitrogen and oxygen atoms in total. The SMILES string of the molecule is CCCCC(CC)NC1(Cl)CCNCC1. The molecule has 0 saturated carbocycles. The molecule has 1 rings (SSSR count). The average Bonchev–Trinajstić information content (AvgIpc) is 2.25. The fraction of sp³-hybridized carbons (Fsp3) is 1.00. The second-order valence-corrected chi connectivity index (χ2v) is 5.33. The molecule has 0 radical (unpaired) electrons. The Hall–Kier alpha value is 0.210. The number of hydrogen-bond donors (Lipinski definition) is 2. The van der Waals surface area contributed by atoms with Gasteiger partial charge in [0.2, 0.25) is 0 Å². The van der Waals surface area contributed by atoms with E-state index in [1.165, 1.54) is 25.7 Å². The minimum absolute atomic E-state index is 0.139. The van der Waals surface area contributed by atoms with Crippen LogP contribution in [0.3, 0.4) is 0 Å². The largest absolute Gasteiger partial charge is 0.316 e. The Bertz CT molecular complexity index is 167. The molecule has 0 amide bonds. The number of nitrogens with one attached hydrogen (secondary N) is 2. The van der Waals surface area contributed by atoms with E-state index in [0.29, 0.717) is 6.04 Å². The lowest BCUT2D eigenvalue weighted by atomic mass is 10.0. The predicted molar refractivity (Wildman–Crippen MR) is 67.4 cm³/mol. The molecule has 1 fully saturated rings. The maximum absolute atomic E-state index is 6.58. The Labute approximate surface area is 99.2 Å². The minimum Gasteiger partial charge on any atom is -0.316 e. The normalized spacial score (nSPS) is 22.6. The highest BCUT2D eigenvalue weighted by molar-refractivity contribution is 6.23. The van der Waals surface area contributed by atoms with Crippen LogP contribution in [0.25, 0.3) is 0 Å². The van der Waals surface area contributed by atoms with Crippen molar-refractivity contribution in [3.8, 4) is 0 Å². The summed E-state index contributed by atoms with van der Waals surface area (Å²) in [5.74, 6) is 0. The zero-order valence-corrected chi connectivity index (χ0v) is 10.9. The van der Waals surface area contributed by atoms with Gasteiger partial charge < -0.3 is 5.32 Å². The molecule has 0 aliphatic carbocycles. The molecule has 0 aromatic carbocycles. The van der Waals surface area contributed by atoms with Crippen LogP contribution in [0.5, 0.6) is 0 Å². The van der Waals surface area contributed by atoms with Crippen molar-refractivity contribution in [3.63, 3.8) is 0 Å². The van der Waals surface area contributed by atoms with E-state index in [1.54, 1.807) is 0 Å². The van der Waals surface area contributed by atoms with Gasteiger partial charge in [-0.25, -0.2) is 0 Å². The molecule has 1 heterocycles. The Morgan fingerprint density at radius 1 is 1.33 bits per heavy atom. The second kappa shape index (κ2) is 6.72. The number of rotatable bonds is 6. The van der Waals surface area contributed by atoms with Crippen molar-refractivity contribution in [2.45, 2.75) is 63.4 Å². The van der Waals surface area contributed by atoms with Crippen LogP contribution in [0.4, 0.5) is 0 Å². The van der Waals surface area contributed by atoms with Crippen molar-refractivity contribution in [1.82, 2.24) is 10.6 Å². The molecule has 0 bridgehead atoms. The van der Waals surface area contributed by atoms with E-state index >= 15 is 0 Å². The molecule has 1 saturated heterocycles. The van der Waals surface area contributed by atoms with Crippen molar-refractivity contribution in [2.24, 2.45) is 0 Å². The third-order valence-corrected chi connectivity index (χ3v) is 3.74. The molecule has 1 unspecified atom stereocenters. The van der Waals surface area contributed by atoms with Crippen LogP contribution in [0.15, 0.2) is 0 Å². The van der Waals surface area contributed by atoms with Crippen LogP contribution in [-0.2, 0) is 0 Å². The van der Waals surface area contributed by atoms with Crippen LogP contribution >= 0.6 is 11.6 Å².